The van der Waals surface area contributed by atoms with Crippen molar-refractivity contribution in [1.29, 1.82) is 0 Å². The first-order chi connectivity index (χ1) is 12.1. The Kier molecular flexibility index (Phi) is 4.21. The summed E-state index contributed by atoms with van der Waals surface area (Å²) >= 11 is 0. The van der Waals surface area contributed by atoms with Gasteiger partial charge in [-0.15, -0.1) is 0 Å². The van der Waals surface area contributed by atoms with Crippen molar-refractivity contribution in [2.75, 3.05) is 19.6 Å². The van der Waals surface area contributed by atoms with Crippen molar-refractivity contribution in [3.8, 4) is 5.75 Å². The number of hydrogen-bond donors (Lipinski definition) is 2. The van der Waals surface area contributed by atoms with Gasteiger partial charge in [0, 0.05) is 25.2 Å². The Hall–Kier alpha value is -2.34. The molecule has 2 N–H and O–H groups in total. The highest BCUT2D eigenvalue weighted by atomic mass is 16.3. The van der Waals surface area contributed by atoms with Crippen LogP contribution >= 0.6 is 0 Å². The normalized spacial score (nSPS) is 20.4. The summed E-state index contributed by atoms with van der Waals surface area (Å²) in [6.07, 6.45) is 4.74. The zero-order chi connectivity index (χ0) is 17.4. The highest BCUT2D eigenvalue weighted by Gasteiger charge is 2.28. The predicted molar refractivity (Wildman–Crippen MR) is 94.7 cm³/mol. The summed E-state index contributed by atoms with van der Waals surface area (Å²) in [6.45, 7) is 5.12. The van der Waals surface area contributed by atoms with Crippen LogP contribution in [-0.2, 0) is 13.0 Å². The number of fused-ring (bicyclic) bond motifs is 1. The molecule has 3 heterocycles. The minimum atomic E-state index is 0.0549. The van der Waals surface area contributed by atoms with Crippen LogP contribution in [0.4, 0.5) is 0 Å². The number of amides is 1. The van der Waals surface area contributed by atoms with E-state index in [2.05, 4.69) is 10.4 Å². The maximum Gasteiger partial charge on any atom is 0.272 e. The quantitative estimate of drug-likeness (QED) is 0.877. The molecule has 0 bridgehead atoms. The number of aromatic nitrogens is 2. The zero-order valence-corrected chi connectivity index (χ0v) is 14.5. The van der Waals surface area contributed by atoms with Gasteiger partial charge in [0.25, 0.3) is 5.91 Å². The first-order valence-electron chi connectivity index (χ1n) is 8.98. The van der Waals surface area contributed by atoms with E-state index in [1.165, 1.54) is 0 Å². The van der Waals surface area contributed by atoms with Gasteiger partial charge in [-0.25, -0.2) is 0 Å². The molecular weight excluding hydrogens is 316 g/mol. The standard InChI is InChI=1S/C19H24N4O2/c1-13-10-21-23(16-3-2-7-20-11-16)18(13)19(25)22-8-6-14-9-17(24)5-4-15(14)12-22/h4-5,9-10,16,20,24H,2-3,6-8,11-12H2,1H3. The Morgan fingerprint density at radius 1 is 1.36 bits per heavy atom. The molecular formula is C19H24N4O2. The maximum atomic E-state index is 13.2. The van der Waals surface area contributed by atoms with Gasteiger partial charge in [0.15, 0.2) is 0 Å². The molecule has 2 aromatic rings. The smallest absolute Gasteiger partial charge is 0.272 e. The maximum absolute atomic E-state index is 13.2. The van der Waals surface area contributed by atoms with Gasteiger partial charge in [-0.2, -0.15) is 5.10 Å². The fraction of sp³-hybridized carbons (Fsp3) is 0.474. The third-order valence-corrected chi connectivity index (χ3v) is 5.29. The van der Waals surface area contributed by atoms with Crippen LogP contribution in [0.5, 0.6) is 5.75 Å². The summed E-state index contributed by atoms with van der Waals surface area (Å²) in [5.41, 5.74) is 3.90. The highest BCUT2D eigenvalue weighted by Crippen LogP contribution is 2.26. The largest absolute Gasteiger partial charge is 0.508 e. The molecule has 0 saturated carbocycles. The average molecular weight is 340 g/mol. The number of benzene rings is 1. The van der Waals surface area contributed by atoms with E-state index in [1.54, 1.807) is 18.3 Å². The van der Waals surface area contributed by atoms with Gasteiger partial charge in [0.2, 0.25) is 0 Å². The minimum absolute atomic E-state index is 0.0549. The number of aryl methyl sites for hydroxylation is 1. The number of nitrogens with zero attached hydrogens (tertiary/aromatic N) is 3. The van der Waals surface area contributed by atoms with E-state index in [4.69, 9.17) is 0 Å². The van der Waals surface area contributed by atoms with E-state index in [0.29, 0.717) is 13.1 Å². The van der Waals surface area contributed by atoms with Crippen molar-refractivity contribution in [2.24, 2.45) is 0 Å². The second-order valence-electron chi connectivity index (χ2n) is 7.05. The van der Waals surface area contributed by atoms with Gasteiger partial charge in [-0.3, -0.25) is 9.48 Å². The number of carbonyl (C=O) groups excluding carboxylic acids is 1. The predicted octanol–water partition coefficient (Wildman–Crippen LogP) is 2.02. The van der Waals surface area contributed by atoms with E-state index >= 15 is 0 Å². The van der Waals surface area contributed by atoms with Crippen LogP contribution < -0.4 is 5.32 Å². The molecule has 0 spiro atoms. The third kappa shape index (κ3) is 3.02. The Bertz CT molecular complexity index is 793. The fourth-order valence-corrected chi connectivity index (χ4v) is 3.90. The molecule has 1 amide bonds. The number of nitrogens with one attached hydrogen (secondary N) is 1. The van der Waals surface area contributed by atoms with Crippen molar-refractivity contribution in [2.45, 2.75) is 38.8 Å². The Labute approximate surface area is 147 Å². The van der Waals surface area contributed by atoms with Crippen molar-refractivity contribution in [1.82, 2.24) is 20.0 Å². The van der Waals surface area contributed by atoms with Crippen LogP contribution in [0.15, 0.2) is 24.4 Å². The van der Waals surface area contributed by atoms with Crippen LogP contribution in [0.3, 0.4) is 0 Å². The van der Waals surface area contributed by atoms with Gasteiger partial charge in [0.1, 0.15) is 11.4 Å². The Morgan fingerprint density at radius 2 is 2.24 bits per heavy atom. The molecule has 2 aliphatic heterocycles. The summed E-state index contributed by atoms with van der Waals surface area (Å²) < 4.78 is 1.93. The van der Waals surface area contributed by atoms with E-state index in [9.17, 15) is 9.90 Å². The second kappa shape index (κ2) is 6.52. The summed E-state index contributed by atoms with van der Waals surface area (Å²) in [4.78, 5) is 15.1. The number of phenols is 1. The van der Waals surface area contributed by atoms with Crippen molar-refractivity contribution < 1.29 is 9.90 Å². The van der Waals surface area contributed by atoms with Crippen molar-refractivity contribution >= 4 is 5.91 Å². The summed E-state index contributed by atoms with van der Waals surface area (Å²) in [6, 6.07) is 5.66. The number of carbonyl (C=O) groups is 1. The molecule has 25 heavy (non-hydrogen) atoms. The zero-order valence-electron chi connectivity index (χ0n) is 14.5. The fourth-order valence-electron chi connectivity index (χ4n) is 3.90. The number of rotatable bonds is 2. The molecule has 6 nitrogen and oxygen atoms in total. The molecule has 0 aliphatic carbocycles. The van der Waals surface area contributed by atoms with E-state index < -0.39 is 0 Å². The van der Waals surface area contributed by atoms with E-state index in [-0.39, 0.29) is 17.7 Å². The SMILES string of the molecule is Cc1cnn(C2CCCNC2)c1C(=O)N1CCc2cc(O)ccc2C1. The minimum Gasteiger partial charge on any atom is -0.508 e. The summed E-state index contributed by atoms with van der Waals surface area (Å²) in [5.74, 6) is 0.344. The molecule has 1 aromatic carbocycles. The number of phenolic OH excluding ortho intramolecular Hbond substituents is 1. The molecule has 1 fully saturated rings. The Morgan fingerprint density at radius 3 is 3.04 bits per heavy atom. The lowest BCUT2D eigenvalue weighted by atomic mass is 9.99. The number of piperidine rings is 1. The first-order valence-corrected chi connectivity index (χ1v) is 8.98. The molecule has 1 aromatic heterocycles. The van der Waals surface area contributed by atoms with Crippen molar-refractivity contribution in [3.05, 3.63) is 46.8 Å². The van der Waals surface area contributed by atoms with Crippen LogP contribution in [0, 0.1) is 6.92 Å². The van der Waals surface area contributed by atoms with Crippen LogP contribution in [-0.4, -0.2) is 45.3 Å². The van der Waals surface area contributed by atoms with Crippen LogP contribution in [0.2, 0.25) is 0 Å². The summed E-state index contributed by atoms with van der Waals surface area (Å²) in [7, 11) is 0. The summed E-state index contributed by atoms with van der Waals surface area (Å²) in [5, 5.41) is 17.5. The topological polar surface area (TPSA) is 70.4 Å². The molecule has 4 rings (SSSR count). The van der Waals surface area contributed by atoms with Gasteiger partial charge in [-0.1, -0.05) is 6.07 Å². The lowest BCUT2D eigenvalue weighted by molar-refractivity contribution is 0.0716. The molecule has 1 unspecified atom stereocenters. The van der Waals surface area contributed by atoms with Crippen LogP contribution in [0.25, 0.3) is 0 Å². The first kappa shape index (κ1) is 16.1. The molecule has 1 atom stereocenters. The lowest BCUT2D eigenvalue weighted by Gasteiger charge is -2.31. The van der Waals surface area contributed by atoms with E-state index in [1.807, 2.05) is 22.6 Å². The van der Waals surface area contributed by atoms with Gasteiger partial charge < -0.3 is 15.3 Å². The molecule has 1 saturated heterocycles. The van der Waals surface area contributed by atoms with Crippen molar-refractivity contribution in [3.63, 3.8) is 0 Å². The monoisotopic (exact) mass is 340 g/mol. The highest BCUT2D eigenvalue weighted by molar-refractivity contribution is 5.94. The number of hydrogen-bond acceptors (Lipinski definition) is 4. The second-order valence-corrected chi connectivity index (χ2v) is 7.05. The molecule has 132 valence electrons. The molecule has 2 aliphatic rings. The Balaban J connectivity index is 1.59. The van der Waals surface area contributed by atoms with Gasteiger partial charge in [-0.05, 0) is 56.0 Å². The lowest BCUT2D eigenvalue weighted by Crippen LogP contribution is -2.39. The molecule has 6 heteroatoms. The van der Waals surface area contributed by atoms with Gasteiger partial charge in [0.05, 0.1) is 12.2 Å². The van der Waals surface area contributed by atoms with E-state index in [0.717, 1.165) is 54.7 Å². The number of aromatic hydroxyl groups is 1. The third-order valence-electron chi connectivity index (χ3n) is 5.29. The van der Waals surface area contributed by atoms with Crippen LogP contribution in [0.1, 0.15) is 46.1 Å². The van der Waals surface area contributed by atoms with Gasteiger partial charge >= 0.3 is 0 Å². The molecule has 0 radical (unpaired) electrons. The average Bonchev–Trinajstić information content (AvgIpc) is 3.03.